The number of carbonyl (C=O) groups is 1. The summed E-state index contributed by atoms with van der Waals surface area (Å²) >= 11 is 7.34. The van der Waals surface area contributed by atoms with Gasteiger partial charge in [0.2, 0.25) is 0 Å². The number of carbonyl (C=O) groups excluding carboxylic acids is 1. The fraction of sp³-hybridized carbons (Fsp3) is 0.182. The summed E-state index contributed by atoms with van der Waals surface area (Å²) in [5.41, 5.74) is 1.62. The molecule has 0 fully saturated rings. The zero-order valence-corrected chi connectivity index (χ0v) is 11.2. The molecular weight excluding hydrogens is 272 g/mol. The van der Waals surface area contributed by atoms with E-state index in [0.717, 1.165) is 0 Å². The quantitative estimate of drug-likeness (QED) is 0.400. The van der Waals surface area contributed by atoms with E-state index in [0.29, 0.717) is 28.6 Å². The number of amidine groups is 2. The van der Waals surface area contributed by atoms with E-state index in [-0.39, 0.29) is 11.2 Å². The lowest BCUT2D eigenvalue weighted by molar-refractivity contribution is -0.116. The molecule has 0 saturated carbocycles. The zero-order valence-electron chi connectivity index (χ0n) is 9.66. The second-order valence-electron chi connectivity index (χ2n) is 3.51. The highest BCUT2D eigenvalue weighted by Crippen LogP contribution is 2.24. The van der Waals surface area contributed by atoms with Gasteiger partial charge in [0.15, 0.2) is 11.1 Å². The van der Waals surface area contributed by atoms with Gasteiger partial charge in [-0.2, -0.15) is 0 Å². The van der Waals surface area contributed by atoms with Crippen LogP contribution in [-0.2, 0) is 4.79 Å². The highest BCUT2D eigenvalue weighted by atomic mass is 35.5. The van der Waals surface area contributed by atoms with E-state index in [4.69, 9.17) is 11.6 Å². The van der Waals surface area contributed by atoms with Crippen molar-refractivity contribution in [2.24, 2.45) is 9.98 Å². The SMILES string of the molecule is C=C1NC(=O)C2=C(C=CSC2)N=C1NC(Cl)=NC. The fourth-order valence-corrected chi connectivity index (χ4v) is 2.28. The summed E-state index contributed by atoms with van der Waals surface area (Å²) in [4.78, 5) is 20.0. The molecule has 0 aromatic carbocycles. The Morgan fingerprint density at radius 2 is 2.50 bits per heavy atom. The smallest absolute Gasteiger partial charge is 0.254 e. The molecule has 2 heterocycles. The maximum Gasteiger partial charge on any atom is 0.254 e. The number of halogens is 1. The minimum Gasteiger partial charge on any atom is -0.319 e. The Balaban J connectivity index is 2.38. The molecule has 18 heavy (non-hydrogen) atoms. The van der Waals surface area contributed by atoms with Crippen molar-refractivity contribution in [1.82, 2.24) is 10.6 Å². The maximum absolute atomic E-state index is 11.9. The Morgan fingerprint density at radius 3 is 3.22 bits per heavy atom. The number of allylic oxidation sites excluding steroid dienone is 1. The Kier molecular flexibility index (Phi) is 3.88. The first-order chi connectivity index (χ1) is 8.61. The van der Waals surface area contributed by atoms with Crippen molar-refractivity contribution in [2.75, 3.05) is 12.8 Å². The molecule has 5 nitrogen and oxygen atoms in total. The average molecular weight is 283 g/mol. The Bertz CT molecular complexity index is 533. The zero-order chi connectivity index (χ0) is 13.1. The molecule has 94 valence electrons. The molecule has 2 aliphatic heterocycles. The van der Waals surface area contributed by atoms with Gasteiger partial charge >= 0.3 is 0 Å². The van der Waals surface area contributed by atoms with Crippen LogP contribution in [0.15, 0.2) is 45.0 Å². The molecule has 0 aliphatic carbocycles. The topological polar surface area (TPSA) is 65.8 Å². The Hall–Kier alpha value is -1.53. The molecule has 0 radical (unpaired) electrons. The second kappa shape index (κ2) is 5.41. The monoisotopic (exact) mass is 282 g/mol. The molecule has 2 N–H and O–H groups in total. The van der Waals surface area contributed by atoms with Crippen molar-refractivity contribution in [3.63, 3.8) is 0 Å². The van der Waals surface area contributed by atoms with Crippen LogP contribution < -0.4 is 10.6 Å². The van der Waals surface area contributed by atoms with Crippen molar-refractivity contribution < 1.29 is 4.79 Å². The minimum atomic E-state index is -0.183. The first-order valence-corrected chi connectivity index (χ1v) is 6.54. The van der Waals surface area contributed by atoms with Gasteiger partial charge in [-0.25, -0.2) is 4.99 Å². The van der Waals surface area contributed by atoms with E-state index >= 15 is 0 Å². The number of nitrogens with one attached hydrogen (secondary N) is 2. The summed E-state index contributed by atoms with van der Waals surface area (Å²) in [6, 6.07) is 0. The molecule has 0 aromatic rings. The van der Waals surface area contributed by atoms with E-state index in [9.17, 15) is 4.79 Å². The summed E-state index contributed by atoms with van der Waals surface area (Å²) in [6.07, 6.45) is 1.79. The normalized spacial score (nSPS) is 20.1. The summed E-state index contributed by atoms with van der Waals surface area (Å²) in [7, 11) is 1.55. The highest BCUT2D eigenvalue weighted by Gasteiger charge is 2.23. The molecular formula is C11H11ClN4OS. The largest absolute Gasteiger partial charge is 0.319 e. The minimum absolute atomic E-state index is 0.183. The van der Waals surface area contributed by atoms with Gasteiger partial charge in [-0.05, 0) is 23.1 Å². The van der Waals surface area contributed by atoms with Crippen LogP contribution in [0.2, 0.25) is 0 Å². The van der Waals surface area contributed by atoms with E-state index in [1.807, 2.05) is 5.41 Å². The predicted molar refractivity (Wildman–Crippen MR) is 75.7 cm³/mol. The lowest BCUT2D eigenvalue weighted by atomic mass is 10.2. The molecule has 0 spiro atoms. The van der Waals surface area contributed by atoms with Crippen LogP contribution in [0.4, 0.5) is 0 Å². The van der Waals surface area contributed by atoms with E-state index in [2.05, 4.69) is 27.2 Å². The van der Waals surface area contributed by atoms with Gasteiger partial charge in [0.25, 0.3) is 5.91 Å². The number of thioether (sulfide) groups is 1. The molecule has 2 rings (SSSR count). The van der Waals surface area contributed by atoms with Gasteiger partial charge in [-0.3, -0.25) is 9.79 Å². The number of aliphatic imine (C=N–C) groups is 2. The van der Waals surface area contributed by atoms with Crippen molar-refractivity contribution >= 4 is 40.4 Å². The van der Waals surface area contributed by atoms with Crippen LogP contribution >= 0.6 is 23.4 Å². The van der Waals surface area contributed by atoms with Crippen molar-refractivity contribution in [1.29, 1.82) is 0 Å². The number of rotatable bonds is 0. The first kappa shape index (κ1) is 12.9. The molecule has 7 heteroatoms. The van der Waals surface area contributed by atoms with Crippen LogP contribution in [0.1, 0.15) is 0 Å². The molecule has 0 aromatic heterocycles. The fourth-order valence-electron chi connectivity index (χ4n) is 1.42. The Labute approximate surface area is 114 Å². The third-order valence-corrected chi connectivity index (χ3v) is 3.38. The van der Waals surface area contributed by atoms with Gasteiger partial charge in [-0.1, -0.05) is 6.58 Å². The molecule has 0 bridgehead atoms. The van der Waals surface area contributed by atoms with Crippen molar-refractivity contribution in [3.8, 4) is 0 Å². The van der Waals surface area contributed by atoms with E-state index in [1.165, 1.54) is 0 Å². The van der Waals surface area contributed by atoms with Crippen molar-refractivity contribution in [2.45, 2.75) is 0 Å². The Morgan fingerprint density at radius 1 is 1.72 bits per heavy atom. The molecule has 0 atom stereocenters. The maximum atomic E-state index is 11.9. The number of hydrogen-bond donors (Lipinski definition) is 2. The van der Waals surface area contributed by atoms with Gasteiger partial charge < -0.3 is 10.6 Å². The van der Waals surface area contributed by atoms with Crippen LogP contribution in [0.3, 0.4) is 0 Å². The average Bonchev–Trinajstić information content (AvgIpc) is 2.48. The number of amides is 1. The molecule has 0 unspecified atom stereocenters. The first-order valence-electron chi connectivity index (χ1n) is 5.11. The lowest BCUT2D eigenvalue weighted by Gasteiger charge is -2.09. The van der Waals surface area contributed by atoms with Crippen LogP contribution in [0, 0.1) is 0 Å². The van der Waals surface area contributed by atoms with E-state index < -0.39 is 0 Å². The van der Waals surface area contributed by atoms with Gasteiger partial charge in [0.05, 0.1) is 17.0 Å². The third kappa shape index (κ3) is 2.65. The van der Waals surface area contributed by atoms with E-state index in [1.54, 1.807) is 24.9 Å². The lowest BCUT2D eigenvalue weighted by Crippen LogP contribution is -2.35. The summed E-state index contributed by atoms with van der Waals surface area (Å²) in [5, 5.41) is 7.55. The molecule has 0 saturated heterocycles. The van der Waals surface area contributed by atoms with Crippen LogP contribution in [0.25, 0.3) is 0 Å². The van der Waals surface area contributed by atoms with Gasteiger partial charge in [-0.15, -0.1) is 11.8 Å². The highest BCUT2D eigenvalue weighted by molar-refractivity contribution is 8.02. The van der Waals surface area contributed by atoms with Crippen molar-refractivity contribution in [3.05, 3.63) is 35.0 Å². The van der Waals surface area contributed by atoms with Crippen LogP contribution in [0.5, 0.6) is 0 Å². The third-order valence-electron chi connectivity index (χ3n) is 2.33. The number of hydrogen-bond acceptors (Lipinski definition) is 4. The van der Waals surface area contributed by atoms with Crippen LogP contribution in [-0.4, -0.2) is 29.8 Å². The molecule has 1 amide bonds. The van der Waals surface area contributed by atoms with Gasteiger partial charge in [0, 0.05) is 12.8 Å². The molecule has 2 aliphatic rings. The predicted octanol–water partition coefficient (Wildman–Crippen LogP) is 1.36. The summed E-state index contributed by atoms with van der Waals surface area (Å²) in [6.45, 7) is 3.75. The number of nitrogens with zero attached hydrogens (tertiary/aromatic N) is 2. The second-order valence-corrected chi connectivity index (χ2v) is 4.76. The summed E-state index contributed by atoms with van der Waals surface area (Å²) in [5.74, 6) is 0.801. The van der Waals surface area contributed by atoms with Gasteiger partial charge in [0.1, 0.15) is 0 Å². The standard InChI is InChI=1S/C11H11ClN4OS/c1-6-9(16-11(12)13-2)15-8-3-4-18-5-7(8)10(17)14-6/h3-4H,1,5H2,2H3,(H,14,17)(H,13,15,16). The summed E-state index contributed by atoms with van der Waals surface area (Å²) < 4.78 is 0.